The first-order valence-corrected chi connectivity index (χ1v) is 2.15. The molecule has 0 saturated carbocycles. The monoisotopic (exact) mass is 146 g/mol. The number of nitrogens with one attached hydrogen (secondary N) is 1. The van der Waals surface area contributed by atoms with Gasteiger partial charge in [-0.1, -0.05) is 0 Å². The van der Waals surface area contributed by atoms with Crippen LogP contribution >= 0.6 is 0 Å². The van der Waals surface area contributed by atoms with Crippen LogP contribution in [0.1, 0.15) is 0 Å². The van der Waals surface area contributed by atoms with E-state index in [9.17, 15) is 8.76 Å². The van der Waals surface area contributed by atoms with Gasteiger partial charge in [-0.15, -0.1) is 0 Å². The smallest absolute Gasteiger partial charge is 0.766 e. The third-order valence-electron chi connectivity index (χ3n) is 0.180. The molecular weight excluding hydrogens is 143 g/mol. The van der Waals surface area contributed by atoms with E-state index in [1.165, 1.54) is 0 Å². The van der Waals surface area contributed by atoms with Gasteiger partial charge in [-0.2, -0.15) is 0 Å². The molecule has 0 spiro atoms. The minimum Gasteiger partial charge on any atom is -0.766 e. The summed E-state index contributed by atoms with van der Waals surface area (Å²) in [7, 11) is 0. The Kier molecular flexibility index (Phi) is 8.47. The molecule has 0 aliphatic rings. The normalized spacial score (nSPS) is 11.6. The largest absolute Gasteiger partial charge is 1.00 e. The van der Waals surface area contributed by atoms with Crippen molar-refractivity contribution in [2.24, 2.45) is 5.73 Å². The van der Waals surface area contributed by atoms with Crippen molar-refractivity contribution in [3.8, 4) is 0 Å². The van der Waals surface area contributed by atoms with Crippen LogP contribution in [-0.4, -0.2) is 13.9 Å². The predicted octanol–water partition coefficient (Wildman–Crippen LogP) is -4.24. The number of amidine groups is 1. The van der Waals surface area contributed by atoms with Crippen molar-refractivity contribution in [3.63, 3.8) is 0 Å². The molecule has 6 heteroatoms. The minimum absolute atomic E-state index is 0. The van der Waals surface area contributed by atoms with Crippen LogP contribution < -0.4 is 57.1 Å². The van der Waals surface area contributed by atoms with Crippen molar-refractivity contribution in [2.75, 3.05) is 0 Å². The Morgan fingerprint density at radius 2 is 2.00 bits per heavy atom. The van der Waals surface area contributed by atoms with Gasteiger partial charge in [0.2, 0.25) is 0 Å². The fraction of sp³-hybridized carbons (Fsp3) is 0. The zero-order chi connectivity index (χ0) is 5.15. The Morgan fingerprint density at radius 3 is 2.00 bits per heavy atom. The maximum Gasteiger partial charge on any atom is 1.00 e. The molecule has 36 valence electrons. The molecule has 1 unspecified atom stereocenters. The van der Waals surface area contributed by atoms with E-state index >= 15 is 0 Å². The maximum absolute atomic E-state index is 9.35. The molecule has 0 aromatic heterocycles. The van der Waals surface area contributed by atoms with Gasteiger partial charge in [-0.05, 0) is 0 Å². The van der Waals surface area contributed by atoms with Crippen molar-refractivity contribution >= 4 is 16.2 Å². The van der Waals surface area contributed by atoms with E-state index in [1.807, 2.05) is 0 Å². The van der Waals surface area contributed by atoms with E-state index in [4.69, 9.17) is 5.41 Å². The van der Waals surface area contributed by atoms with E-state index < -0.39 is 16.2 Å². The molecule has 0 amide bonds. The van der Waals surface area contributed by atoms with Gasteiger partial charge >= 0.3 is 51.4 Å². The van der Waals surface area contributed by atoms with Crippen LogP contribution in [0, 0.1) is 5.41 Å². The number of hydrogen-bond donors (Lipinski definition) is 2. The first-order valence-electron chi connectivity index (χ1n) is 1.08. The molecule has 0 aliphatic heterocycles. The second-order valence-corrected chi connectivity index (χ2v) is 1.51. The van der Waals surface area contributed by atoms with Gasteiger partial charge in [0.25, 0.3) is 0 Å². The van der Waals surface area contributed by atoms with Crippen LogP contribution in [0.25, 0.3) is 0 Å². The molecule has 7 heavy (non-hydrogen) atoms. The molecule has 0 saturated heterocycles. The topological polar surface area (TPSA) is 90.0 Å². The van der Waals surface area contributed by atoms with E-state index in [0.29, 0.717) is 0 Å². The third-order valence-corrected chi connectivity index (χ3v) is 0.539. The van der Waals surface area contributed by atoms with E-state index in [0.717, 1.165) is 0 Å². The fourth-order valence-electron chi connectivity index (χ4n) is 0. The summed E-state index contributed by atoms with van der Waals surface area (Å²) >= 11 is -2.51. The quantitative estimate of drug-likeness (QED) is 0.157. The summed E-state index contributed by atoms with van der Waals surface area (Å²) in [5.41, 5.74) is 4.41. The second-order valence-electron chi connectivity index (χ2n) is 0.599. The minimum atomic E-state index is -2.51. The Morgan fingerprint density at radius 1 is 1.86 bits per heavy atom. The SMILES string of the molecule is N=C(N)S(=O)[O-].[K+]. The molecule has 3 N–H and O–H groups in total. The Hall–Kier alpha value is 1.22. The van der Waals surface area contributed by atoms with Gasteiger partial charge in [0.1, 0.15) is 0 Å². The predicted molar refractivity (Wildman–Crippen MR) is 20.8 cm³/mol. The van der Waals surface area contributed by atoms with E-state index in [2.05, 4.69) is 5.73 Å². The molecule has 0 aromatic rings. The summed E-state index contributed by atoms with van der Waals surface area (Å²) in [5.74, 6) is 0. The van der Waals surface area contributed by atoms with Crippen LogP contribution in [-0.2, 0) is 11.1 Å². The second kappa shape index (κ2) is 5.35. The molecule has 0 aromatic carbocycles. The van der Waals surface area contributed by atoms with Crippen LogP contribution in [0.4, 0.5) is 0 Å². The Bertz CT molecular complexity index is 81.7. The van der Waals surface area contributed by atoms with Gasteiger partial charge in [0.05, 0.1) is 0 Å². The van der Waals surface area contributed by atoms with Crippen molar-refractivity contribution in [2.45, 2.75) is 0 Å². The van der Waals surface area contributed by atoms with Crippen molar-refractivity contribution in [3.05, 3.63) is 0 Å². The zero-order valence-electron chi connectivity index (χ0n) is 3.80. The van der Waals surface area contributed by atoms with Crippen molar-refractivity contribution < 1.29 is 60.1 Å². The first kappa shape index (κ1) is 11.1. The molecule has 0 fully saturated rings. The van der Waals surface area contributed by atoms with Crippen LogP contribution in [0.3, 0.4) is 0 Å². The average molecular weight is 146 g/mol. The maximum atomic E-state index is 9.35. The van der Waals surface area contributed by atoms with Gasteiger partial charge in [-0.3, -0.25) is 9.62 Å². The Balaban J connectivity index is 0. The average Bonchev–Trinajstić information content (AvgIpc) is 1.36. The molecule has 0 heterocycles. The molecule has 0 rings (SSSR count). The third kappa shape index (κ3) is 7.22. The molecule has 0 bridgehead atoms. The molecule has 0 aliphatic carbocycles. The van der Waals surface area contributed by atoms with Crippen LogP contribution in [0.15, 0.2) is 0 Å². The fourth-order valence-corrected chi connectivity index (χ4v) is 0. The molecule has 4 nitrogen and oxygen atoms in total. The number of nitrogens with two attached hydrogens (primary N) is 1. The molecule has 1 atom stereocenters. The van der Waals surface area contributed by atoms with Crippen LogP contribution in [0.2, 0.25) is 0 Å². The van der Waals surface area contributed by atoms with Gasteiger partial charge in [0.15, 0.2) is 5.17 Å². The summed E-state index contributed by atoms with van der Waals surface area (Å²) < 4.78 is 18.7. The van der Waals surface area contributed by atoms with E-state index in [-0.39, 0.29) is 51.4 Å². The van der Waals surface area contributed by atoms with Crippen LogP contribution in [0.5, 0.6) is 0 Å². The summed E-state index contributed by atoms with van der Waals surface area (Å²) in [4.78, 5) is 0. The summed E-state index contributed by atoms with van der Waals surface area (Å²) in [6.07, 6.45) is 0. The van der Waals surface area contributed by atoms with Gasteiger partial charge < -0.3 is 10.3 Å². The number of hydrogen-bond acceptors (Lipinski definition) is 3. The number of rotatable bonds is 0. The van der Waals surface area contributed by atoms with Crippen molar-refractivity contribution in [1.82, 2.24) is 0 Å². The molecule has 0 radical (unpaired) electrons. The Labute approximate surface area is 86.1 Å². The molecular formula is CH3KN2O2S. The first-order chi connectivity index (χ1) is 2.64. The van der Waals surface area contributed by atoms with Crippen molar-refractivity contribution in [1.29, 1.82) is 5.41 Å². The van der Waals surface area contributed by atoms with Gasteiger partial charge in [-0.25, -0.2) is 0 Å². The summed E-state index contributed by atoms with van der Waals surface area (Å²) in [6.45, 7) is 0. The summed E-state index contributed by atoms with van der Waals surface area (Å²) in [6, 6.07) is 0. The van der Waals surface area contributed by atoms with Gasteiger partial charge in [0, 0.05) is 11.1 Å². The zero-order valence-corrected chi connectivity index (χ0v) is 7.74. The summed E-state index contributed by atoms with van der Waals surface area (Å²) in [5, 5.41) is 5.29. The van der Waals surface area contributed by atoms with E-state index in [1.54, 1.807) is 0 Å². The standard InChI is InChI=1S/CH4N2O2S.K/c2-1(3)6(4)5;/h(H3,2,3)(H,4,5);/q;+1/p-1.